The van der Waals surface area contributed by atoms with Crippen molar-refractivity contribution >= 4 is 39.8 Å². The highest BCUT2D eigenvalue weighted by Crippen LogP contribution is 2.45. The summed E-state index contributed by atoms with van der Waals surface area (Å²) in [6, 6.07) is 0. The van der Waals surface area contributed by atoms with Gasteiger partial charge < -0.3 is 20.1 Å². The molecule has 0 atom stereocenters. The molecule has 0 radical (unpaired) electrons. The van der Waals surface area contributed by atoms with Crippen LogP contribution in [-0.4, -0.2) is 73.0 Å². The fraction of sp³-hybridized carbons (Fsp3) is 0.941. The topological polar surface area (TPSA) is 89.0 Å². The number of halogens is 1. The van der Waals surface area contributed by atoms with Crippen LogP contribution in [0, 0.1) is 11.3 Å². The summed E-state index contributed by atoms with van der Waals surface area (Å²) in [5.74, 6) is 1.62. The third-order valence-electron chi connectivity index (χ3n) is 4.83. The molecule has 0 unspecified atom stereocenters. The second-order valence-electron chi connectivity index (χ2n) is 7.41. The van der Waals surface area contributed by atoms with Gasteiger partial charge in [-0.15, -0.1) is 24.0 Å². The Kier molecular flexibility index (Phi) is 10.7. The molecule has 1 saturated carbocycles. The lowest BCUT2D eigenvalue weighted by atomic mass is 10.0. The van der Waals surface area contributed by atoms with Crippen molar-refractivity contribution in [3.8, 4) is 0 Å². The summed E-state index contributed by atoms with van der Waals surface area (Å²) in [6.07, 6.45) is 6.35. The Hall–Kier alpha value is -0.130. The number of ether oxygens (including phenoxy) is 2. The molecule has 0 aromatic carbocycles. The van der Waals surface area contributed by atoms with Gasteiger partial charge in [0.15, 0.2) is 5.96 Å². The molecule has 0 amide bonds. The fourth-order valence-electron chi connectivity index (χ4n) is 3.14. The van der Waals surface area contributed by atoms with E-state index in [1.807, 2.05) is 0 Å². The van der Waals surface area contributed by atoms with Crippen LogP contribution in [0.3, 0.4) is 0 Å². The van der Waals surface area contributed by atoms with Crippen molar-refractivity contribution in [1.29, 1.82) is 0 Å². The van der Waals surface area contributed by atoms with E-state index in [0.717, 1.165) is 71.0 Å². The van der Waals surface area contributed by atoms with Gasteiger partial charge in [-0.05, 0) is 38.0 Å². The summed E-state index contributed by atoms with van der Waals surface area (Å²) in [4.78, 5) is 4.20. The molecule has 2 rings (SSSR count). The zero-order valence-corrected chi connectivity index (χ0v) is 19.1. The number of guanidine groups is 1. The maximum atomic E-state index is 11.5. The SMILES string of the molecule is CN=C(NCCCOCC1CCOCC1)NCC1(CS(C)(=O)=O)CC1.I. The van der Waals surface area contributed by atoms with Crippen molar-refractivity contribution in [2.75, 3.05) is 58.6 Å². The number of nitrogens with one attached hydrogen (secondary N) is 2. The summed E-state index contributed by atoms with van der Waals surface area (Å²) >= 11 is 0. The Morgan fingerprint density at radius 2 is 1.96 bits per heavy atom. The molecule has 2 N–H and O–H groups in total. The lowest BCUT2D eigenvalue weighted by molar-refractivity contribution is 0.0203. The van der Waals surface area contributed by atoms with E-state index in [2.05, 4.69) is 15.6 Å². The van der Waals surface area contributed by atoms with E-state index in [4.69, 9.17) is 9.47 Å². The molecule has 0 spiro atoms. The number of hydrogen-bond donors (Lipinski definition) is 2. The molecule has 7 nitrogen and oxygen atoms in total. The van der Waals surface area contributed by atoms with Crippen LogP contribution in [0.1, 0.15) is 32.1 Å². The first-order valence-electron chi connectivity index (χ1n) is 9.20. The normalized spacial score (nSPS) is 20.3. The Morgan fingerprint density at radius 1 is 1.27 bits per heavy atom. The third-order valence-corrected chi connectivity index (χ3v) is 5.97. The molecular formula is C17H34IN3O4S. The van der Waals surface area contributed by atoms with Crippen molar-refractivity contribution in [1.82, 2.24) is 10.6 Å². The van der Waals surface area contributed by atoms with E-state index >= 15 is 0 Å². The molecule has 2 fully saturated rings. The van der Waals surface area contributed by atoms with Gasteiger partial charge in [0.25, 0.3) is 0 Å². The summed E-state index contributed by atoms with van der Waals surface area (Å²) < 4.78 is 34.1. The van der Waals surface area contributed by atoms with E-state index in [0.29, 0.717) is 12.5 Å². The second-order valence-corrected chi connectivity index (χ2v) is 9.55. The number of aliphatic imine (C=N–C) groups is 1. The molecular weight excluding hydrogens is 469 g/mol. The minimum atomic E-state index is -2.94. The van der Waals surface area contributed by atoms with Gasteiger partial charge >= 0.3 is 0 Å². The molecule has 1 aliphatic heterocycles. The molecule has 1 heterocycles. The average molecular weight is 503 g/mol. The molecule has 2 aliphatic rings. The van der Waals surface area contributed by atoms with Crippen molar-refractivity contribution < 1.29 is 17.9 Å². The Bertz CT molecular complexity index is 532. The first kappa shape index (κ1) is 23.9. The van der Waals surface area contributed by atoms with Gasteiger partial charge in [-0.2, -0.15) is 0 Å². The first-order chi connectivity index (χ1) is 11.9. The molecule has 1 saturated heterocycles. The highest BCUT2D eigenvalue weighted by Gasteiger charge is 2.45. The number of sulfone groups is 1. The quantitative estimate of drug-likeness (QED) is 0.203. The van der Waals surface area contributed by atoms with Gasteiger partial charge in [0.2, 0.25) is 0 Å². The van der Waals surface area contributed by atoms with Crippen LogP contribution in [0.5, 0.6) is 0 Å². The fourth-order valence-corrected chi connectivity index (χ4v) is 4.64. The van der Waals surface area contributed by atoms with Crippen LogP contribution in [0.4, 0.5) is 0 Å². The molecule has 154 valence electrons. The van der Waals surface area contributed by atoms with Gasteiger partial charge in [-0.1, -0.05) is 0 Å². The molecule has 26 heavy (non-hydrogen) atoms. The molecule has 0 aromatic heterocycles. The van der Waals surface area contributed by atoms with Crippen molar-refractivity contribution in [2.24, 2.45) is 16.3 Å². The van der Waals surface area contributed by atoms with Crippen LogP contribution in [0.2, 0.25) is 0 Å². The highest BCUT2D eigenvalue weighted by molar-refractivity contribution is 14.0. The predicted octanol–water partition coefficient (Wildman–Crippen LogP) is 1.43. The van der Waals surface area contributed by atoms with Crippen LogP contribution < -0.4 is 10.6 Å². The Balaban J connectivity index is 0.00000338. The van der Waals surface area contributed by atoms with Gasteiger partial charge in [-0.25, -0.2) is 8.42 Å². The minimum Gasteiger partial charge on any atom is -0.381 e. The minimum absolute atomic E-state index is 0. The number of nitrogens with zero attached hydrogens (tertiary/aromatic N) is 1. The summed E-state index contributed by atoms with van der Waals surface area (Å²) in [5.41, 5.74) is -0.0992. The standard InChI is InChI=1S/C17H33N3O4S.HI/c1-18-16(20-13-17(6-7-17)14-25(2,21)22)19-8-3-9-24-12-15-4-10-23-11-5-15;/h15H,3-14H2,1-2H3,(H2,18,19,20);1H. The van der Waals surface area contributed by atoms with Gasteiger partial charge in [0.1, 0.15) is 9.84 Å². The van der Waals surface area contributed by atoms with Crippen LogP contribution in [0.15, 0.2) is 4.99 Å². The van der Waals surface area contributed by atoms with Crippen LogP contribution >= 0.6 is 24.0 Å². The van der Waals surface area contributed by atoms with Gasteiger partial charge in [0.05, 0.1) is 5.75 Å². The van der Waals surface area contributed by atoms with E-state index in [1.54, 1.807) is 7.05 Å². The Morgan fingerprint density at radius 3 is 2.54 bits per heavy atom. The molecule has 9 heteroatoms. The molecule has 0 aromatic rings. The summed E-state index contributed by atoms with van der Waals surface area (Å²) in [5, 5.41) is 6.52. The van der Waals surface area contributed by atoms with E-state index in [1.165, 1.54) is 6.26 Å². The van der Waals surface area contributed by atoms with Crippen molar-refractivity contribution in [3.63, 3.8) is 0 Å². The lowest BCUT2D eigenvalue weighted by Crippen LogP contribution is -2.42. The smallest absolute Gasteiger partial charge is 0.190 e. The third kappa shape index (κ3) is 9.70. The number of rotatable bonds is 10. The molecule has 0 bridgehead atoms. The largest absolute Gasteiger partial charge is 0.381 e. The maximum Gasteiger partial charge on any atom is 0.190 e. The van der Waals surface area contributed by atoms with Crippen molar-refractivity contribution in [2.45, 2.75) is 32.1 Å². The van der Waals surface area contributed by atoms with E-state index in [-0.39, 0.29) is 35.1 Å². The van der Waals surface area contributed by atoms with E-state index in [9.17, 15) is 8.42 Å². The van der Waals surface area contributed by atoms with Gasteiger partial charge in [0, 0.05) is 58.2 Å². The zero-order chi connectivity index (χ0) is 18.2. The Labute approximate surface area is 175 Å². The molecule has 1 aliphatic carbocycles. The van der Waals surface area contributed by atoms with Crippen LogP contribution in [-0.2, 0) is 19.3 Å². The lowest BCUT2D eigenvalue weighted by Gasteiger charge is -2.21. The maximum absolute atomic E-state index is 11.5. The predicted molar refractivity (Wildman–Crippen MR) is 115 cm³/mol. The monoisotopic (exact) mass is 503 g/mol. The summed E-state index contributed by atoms with van der Waals surface area (Å²) in [7, 11) is -1.21. The van der Waals surface area contributed by atoms with Crippen molar-refractivity contribution in [3.05, 3.63) is 0 Å². The second kappa shape index (κ2) is 11.7. The van der Waals surface area contributed by atoms with E-state index < -0.39 is 9.84 Å². The summed E-state index contributed by atoms with van der Waals surface area (Å²) in [6.45, 7) is 4.72. The van der Waals surface area contributed by atoms with Gasteiger partial charge in [-0.3, -0.25) is 4.99 Å². The highest BCUT2D eigenvalue weighted by atomic mass is 127. The number of hydrogen-bond acceptors (Lipinski definition) is 5. The average Bonchev–Trinajstić information content (AvgIpc) is 3.32. The first-order valence-corrected chi connectivity index (χ1v) is 11.3. The van der Waals surface area contributed by atoms with Crippen LogP contribution in [0.25, 0.3) is 0 Å². The zero-order valence-electron chi connectivity index (χ0n) is 16.0.